The fourth-order valence-corrected chi connectivity index (χ4v) is 2.02. The average molecular weight is 292 g/mol. The monoisotopic (exact) mass is 292 g/mol. The Bertz CT molecular complexity index is 641. The number of aliphatic hydroxyl groups is 1. The first kappa shape index (κ1) is 15.3. The molecule has 2 rings (SSSR count). The van der Waals surface area contributed by atoms with Crippen molar-refractivity contribution in [1.29, 1.82) is 0 Å². The second kappa shape index (κ2) is 7.10. The number of ether oxygens (including phenoxy) is 1. The van der Waals surface area contributed by atoms with Crippen molar-refractivity contribution in [3.05, 3.63) is 41.3 Å². The summed E-state index contributed by atoms with van der Waals surface area (Å²) in [6.07, 6.45) is 0. The van der Waals surface area contributed by atoms with Crippen molar-refractivity contribution >= 4 is 16.8 Å². The summed E-state index contributed by atoms with van der Waals surface area (Å²) in [5.41, 5.74) is 1.56. The van der Waals surface area contributed by atoms with E-state index in [1.807, 2.05) is 0 Å². The molecular weight excluding hydrogens is 275 g/mol. The topological polar surface area (TPSA) is 71.5 Å². The van der Waals surface area contributed by atoms with Gasteiger partial charge in [-0.05, 0) is 25.1 Å². The van der Waals surface area contributed by atoms with Gasteiger partial charge in [-0.3, -0.25) is 9.78 Å². The zero-order chi connectivity index (χ0) is 15.2. The maximum Gasteiger partial charge on any atom is 0.252 e. The van der Waals surface area contributed by atoms with Crippen molar-refractivity contribution < 1.29 is 19.0 Å². The number of halogens is 1. The number of pyridine rings is 1. The molecule has 0 saturated carbocycles. The molecule has 0 radical (unpaired) electrons. The first-order valence-corrected chi connectivity index (χ1v) is 6.65. The van der Waals surface area contributed by atoms with Gasteiger partial charge in [-0.1, -0.05) is 0 Å². The van der Waals surface area contributed by atoms with E-state index in [4.69, 9.17) is 9.84 Å². The summed E-state index contributed by atoms with van der Waals surface area (Å²) in [6.45, 7) is 2.61. The maximum atomic E-state index is 13.2. The highest BCUT2D eigenvalue weighted by Gasteiger charge is 2.12. The molecule has 0 bridgehead atoms. The van der Waals surface area contributed by atoms with E-state index < -0.39 is 0 Å². The van der Waals surface area contributed by atoms with E-state index >= 15 is 0 Å². The van der Waals surface area contributed by atoms with E-state index in [2.05, 4.69) is 10.3 Å². The number of nitrogens with zero attached hydrogens (tertiary/aromatic N) is 1. The number of fused-ring (bicyclic) bond motifs is 1. The highest BCUT2D eigenvalue weighted by Crippen LogP contribution is 2.19. The van der Waals surface area contributed by atoms with Crippen molar-refractivity contribution in [2.75, 3.05) is 26.4 Å². The molecule has 112 valence electrons. The number of benzene rings is 1. The molecular formula is C15H17FN2O3. The molecule has 0 aliphatic rings. The number of hydrogen-bond acceptors (Lipinski definition) is 4. The molecule has 0 spiro atoms. The third kappa shape index (κ3) is 3.96. The molecule has 0 saturated heterocycles. The number of nitrogens with one attached hydrogen (secondary N) is 1. The summed E-state index contributed by atoms with van der Waals surface area (Å²) in [5.74, 6) is -0.644. The van der Waals surface area contributed by atoms with Crippen LogP contribution < -0.4 is 5.32 Å². The molecule has 0 aliphatic heterocycles. The molecule has 1 aromatic carbocycles. The Morgan fingerprint density at radius 3 is 2.95 bits per heavy atom. The van der Waals surface area contributed by atoms with Gasteiger partial charge in [0.2, 0.25) is 0 Å². The molecule has 1 amide bonds. The summed E-state index contributed by atoms with van der Waals surface area (Å²) in [4.78, 5) is 16.4. The summed E-state index contributed by atoms with van der Waals surface area (Å²) >= 11 is 0. The highest BCUT2D eigenvalue weighted by molar-refractivity contribution is 6.06. The summed E-state index contributed by atoms with van der Waals surface area (Å²) in [5, 5.41) is 11.9. The van der Waals surface area contributed by atoms with Crippen LogP contribution >= 0.6 is 0 Å². The van der Waals surface area contributed by atoms with Crippen LogP contribution in [0.2, 0.25) is 0 Å². The molecule has 2 N–H and O–H groups in total. The lowest BCUT2D eigenvalue weighted by Crippen LogP contribution is -2.28. The number of aromatic nitrogens is 1. The maximum absolute atomic E-state index is 13.2. The van der Waals surface area contributed by atoms with Crippen LogP contribution in [0.1, 0.15) is 16.1 Å². The van der Waals surface area contributed by atoms with E-state index in [1.165, 1.54) is 12.1 Å². The Balaban J connectivity index is 2.15. The molecule has 0 atom stereocenters. The van der Waals surface area contributed by atoms with E-state index in [0.29, 0.717) is 35.3 Å². The van der Waals surface area contributed by atoms with Crippen LogP contribution in [0.15, 0.2) is 24.3 Å². The standard InChI is InChI=1S/C15H17FN2O3/c1-10-8-13(15(20)17-4-6-21-7-5-19)12-3-2-11(16)9-14(12)18-10/h2-3,8-9,19H,4-7H2,1H3,(H,17,20). The molecule has 1 aromatic heterocycles. The van der Waals surface area contributed by atoms with Gasteiger partial charge >= 0.3 is 0 Å². The molecule has 2 aromatic rings. The number of hydrogen-bond donors (Lipinski definition) is 2. The molecule has 0 aliphatic carbocycles. The van der Waals surface area contributed by atoms with Gasteiger partial charge in [0.15, 0.2) is 0 Å². The van der Waals surface area contributed by atoms with E-state index in [0.717, 1.165) is 0 Å². The summed E-state index contributed by atoms with van der Waals surface area (Å²) in [7, 11) is 0. The highest BCUT2D eigenvalue weighted by atomic mass is 19.1. The van der Waals surface area contributed by atoms with E-state index in [-0.39, 0.29) is 24.9 Å². The van der Waals surface area contributed by atoms with E-state index in [1.54, 1.807) is 19.1 Å². The Hall–Kier alpha value is -2.05. The third-order valence-electron chi connectivity index (χ3n) is 2.91. The van der Waals surface area contributed by atoms with Crippen molar-refractivity contribution in [2.45, 2.75) is 6.92 Å². The lowest BCUT2D eigenvalue weighted by atomic mass is 10.1. The first-order valence-electron chi connectivity index (χ1n) is 6.65. The van der Waals surface area contributed by atoms with Crippen molar-refractivity contribution in [2.24, 2.45) is 0 Å². The Kier molecular flexibility index (Phi) is 5.19. The van der Waals surface area contributed by atoms with Gasteiger partial charge in [0.05, 0.1) is 30.9 Å². The number of carbonyl (C=O) groups is 1. The van der Waals surface area contributed by atoms with Gasteiger partial charge in [0, 0.05) is 23.7 Å². The van der Waals surface area contributed by atoms with Crippen LogP contribution in [0.5, 0.6) is 0 Å². The lowest BCUT2D eigenvalue weighted by Gasteiger charge is -2.09. The lowest BCUT2D eigenvalue weighted by molar-refractivity contribution is 0.0839. The second-order valence-electron chi connectivity index (χ2n) is 4.56. The predicted octanol–water partition coefficient (Wildman–Crippen LogP) is 1.42. The minimum atomic E-state index is -0.385. The summed E-state index contributed by atoms with van der Waals surface area (Å²) < 4.78 is 18.3. The molecule has 5 nitrogen and oxygen atoms in total. The van der Waals surface area contributed by atoms with Crippen LogP contribution in [0.4, 0.5) is 4.39 Å². The Morgan fingerprint density at radius 2 is 2.19 bits per heavy atom. The number of aryl methyl sites for hydroxylation is 1. The van der Waals surface area contributed by atoms with Crippen LogP contribution in [-0.2, 0) is 4.74 Å². The van der Waals surface area contributed by atoms with Crippen LogP contribution in [0.3, 0.4) is 0 Å². The minimum absolute atomic E-state index is 0.0479. The molecule has 0 fully saturated rings. The molecule has 0 unspecified atom stereocenters. The van der Waals surface area contributed by atoms with Gasteiger partial charge in [-0.2, -0.15) is 0 Å². The normalized spacial score (nSPS) is 10.8. The van der Waals surface area contributed by atoms with Crippen LogP contribution in [0, 0.1) is 12.7 Å². The minimum Gasteiger partial charge on any atom is -0.394 e. The zero-order valence-electron chi connectivity index (χ0n) is 11.7. The fourth-order valence-electron chi connectivity index (χ4n) is 2.02. The van der Waals surface area contributed by atoms with Gasteiger partial charge in [-0.15, -0.1) is 0 Å². The SMILES string of the molecule is Cc1cc(C(=O)NCCOCCO)c2ccc(F)cc2n1. The Morgan fingerprint density at radius 1 is 1.38 bits per heavy atom. The van der Waals surface area contributed by atoms with Gasteiger partial charge in [0.1, 0.15) is 5.82 Å². The van der Waals surface area contributed by atoms with E-state index in [9.17, 15) is 9.18 Å². The van der Waals surface area contributed by atoms with Crippen molar-refractivity contribution in [3.8, 4) is 0 Å². The molecule has 6 heteroatoms. The van der Waals surface area contributed by atoms with Crippen molar-refractivity contribution in [1.82, 2.24) is 10.3 Å². The number of rotatable bonds is 6. The van der Waals surface area contributed by atoms with Crippen LogP contribution in [0.25, 0.3) is 10.9 Å². The average Bonchev–Trinajstić information content (AvgIpc) is 2.45. The first-order chi connectivity index (χ1) is 10.1. The largest absolute Gasteiger partial charge is 0.394 e. The number of carbonyl (C=O) groups excluding carboxylic acids is 1. The second-order valence-corrected chi connectivity index (χ2v) is 4.56. The number of amides is 1. The number of aliphatic hydroxyl groups excluding tert-OH is 1. The summed E-state index contributed by atoms with van der Waals surface area (Å²) in [6, 6.07) is 5.84. The zero-order valence-corrected chi connectivity index (χ0v) is 11.7. The van der Waals surface area contributed by atoms with Gasteiger partial charge < -0.3 is 15.2 Å². The third-order valence-corrected chi connectivity index (χ3v) is 2.91. The van der Waals surface area contributed by atoms with Gasteiger partial charge in [-0.25, -0.2) is 4.39 Å². The fraction of sp³-hybridized carbons (Fsp3) is 0.333. The van der Waals surface area contributed by atoms with Crippen LogP contribution in [-0.4, -0.2) is 42.4 Å². The van der Waals surface area contributed by atoms with Crippen molar-refractivity contribution in [3.63, 3.8) is 0 Å². The predicted molar refractivity (Wildman–Crippen MR) is 76.7 cm³/mol. The smallest absolute Gasteiger partial charge is 0.252 e. The molecule has 1 heterocycles. The molecule has 21 heavy (non-hydrogen) atoms. The van der Waals surface area contributed by atoms with Gasteiger partial charge in [0.25, 0.3) is 5.91 Å². The Labute approximate surface area is 121 Å². The quantitative estimate of drug-likeness (QED) is 0.790.